The number of benzene rings is 1. The van der Waals surface area contributed by atoms with Crippen molar-refractivity contribution in [2.24, 2.45) is 4.99 Å². The van der Waals surface area contributed by atoms with Crippen LogP contribution in [0.5, 0.6) is 5.75 Å². The average molecular weight is 533 g/mol. The summed E-state index contributed by atoms with van der Waals surface area (Å²) in [5.41, 5.74) is 1.43. The number of hydrogen-bond donors (Lipinski definition) is 1. The van der Waals surface area contributed by atoms with Gasteiger partial charge in [-0.3, -0.25) is 4.79 Å². The molecule has 0 heterocycles. The largest absolute Gasteiger partial charge is 0.494 e. The fourth-order valence-electron chi connectivity index (χ4n) is 2.22. The Morgan fingerprint density at radius 1 is 1.14 bits per heavy atom. The zero-order valence-electron chi connectivity index (χ0n) is 21.7. The Hall–Kier alpha value is -2.56. The fourth-order valence-corrected chi connectivity index (χ4v) is 2.97. The highest BCUT2D eigenvalue weighted by Crippen LogP contribution is 2.22. The number of hydrogen-bond acceptors (Lipinski definition) is 9. The minimum absolute atomic E-state index is 0.0600. The number of thioether (sulfide) groups is 1. The molecule has 0 saturated carbocycles. The zero-order chi connectivity index (χ0) is 27.4. The van der Waals surface area contributed by atoms with Crippen LogP contribution in [0.1, 0.15) is 34.6 Å². The van der Waals surface area contributed by atoms with Crippen LogP contribution in [0.15, 0.2) is 39.9 Å². The summed E-state index contributed by atoms with van der Waals surface area (Å²) >= 11 is 6.54. The summed E-state index contributed by atoms with van der Waals surface area (Å²) in [5.74, 6) is -0.722. The van der Waals surface area contributed by atoms with E-state index < -0.39 is 23.1 Å². The third-order valence-electron chi connectivity index (χ3n) is 3.93. The molecule has 9 nitrogen and oxygen atoms in total. The van der Waals surface area contributed by atoms with Crippen molar-refractivity contribution in [2.75, 3.05) is 40.2 Å². The Bertz CT molecular complexity index is 830. The zero-order valence-corrected chi connectivity index (χ0v) is 23.2. The number of aliphatic imine (C=N–C) groups is 1. The summed E-state index contributed by atoms with van der Waals surface area (Å²) in [6.45, 7) is 9.83. The Balaban J connectivity index is 0. The lowest BCUT2D eigenvalue weighted by Crippen LogP contribution is -2.25. The molecule has 0 aliphatic heterocycles. The van der Waals surface area contributed by atoms with Crippen molar-refractivity contribution in [3.63, 3.8) is 0 Å². The van der Waals surface area contributed by atoms with Gasteiger partial charge in [0, 0.05) is 12.2 Å². The fraction of sp³-hybridized carbons (Fsp3) is 0.500. The van der Waals surface area contributed by atoms with Gasteiger partial charge in [-0.1, -0.05) is 13.8 Å². The predicted molar refractivity (Wildman–Crippen MR) is 141 cm³/mol. The molecular formula is C24H37ClN2O7S. The monoisotopic (exact) mass is 532 g/mol. The number of ketones is 1. The molecular weight excluding hydrogens is 496 g/mol. The topological polar surface area (TPSA) is 115 Å². The number of aliphatic hydroxyl groups excluding tert-OH is 1. The number of Topliss-reactive ketones (excluding diaryl/α,β-unsaturated/α-hetero) is 1. The highest BCUT2D eigenvalue weighted by molar-refractivity contribution is 8.03. The molecule has 1 aromatic carbocycles. The number of carbonyl (C=O) groups excluding carboxylic acids is 3. The summed E-state index contributed by atoms with van der Waals surface area (Å²) in [6, 6.07) is 7.37. The molecule has 198 valence electrons. The molecule has 0 aliphatic carbocycles. The lowest BCUT2D eigenvalue weighted by molar-refractivity contribution is -0.142. The quantitative estimate of drug-likeness (QED) is 0.112. The highest BCUT2D eigenvalue weighted by Gasteiger charge is 2.20. The van der Waals surface area contributed by atoms with Gasteiger partial charge in [0.15, 0.2) is 11.2 Å². The summed E-state index contributed by atoms with van der Waals surface area (Å²) in [7, 11) is 2.52. The van der Waals surface area contributed by atoms with Crippen LogP contribution in [0.4, 0.5) is 5.69 Å². The molecule has 35 heavy (non-hydrogen) atoms. The Labute approximate surface area is 217 Å². The summed E-state index contributed by atoms with van der Waals surface area (Å²) < 4.78 is 14.4. The average Bonchev–Trinajstić information content (AvgIpc) is 2.88. The van der Waals surface area contributed by atoms with Crippen LogP contribution in [0, 0.1) is 0 Å². The predicted octanol–water partition coefficient (Wildman–Crippen LogP) is 4.19. The summed E-state index contributed by atoms with van der Waals surface area (Å²) in [6.07, 6.45) is 3.40. The maximum absolute atomic E-state index is 11.8. The molecule has 0 bridgehead atoms. The number of nitrogens with zero attached hydrogens (tertiary/aromatic N) is 2. The number of ether oxygens (including phenoxy) is 3. The van der Waals surface area contributed by atoms with Gasteiger partial charge >= 0.3 is 11.9 Å². The van der Waals surface area contributed by atoms with Gasteiger partial charge in [-0.15, -0.1) is 23.4 Å². The molecule has 1 rings (SSSR count). The summed E-state index contributed by atoms with van der Waals surface area (Å²) in [5, 5.41) is 8.12. The number of esters is 2. The van der Waals surface area contributed by atoms with Crippen LogP contribution in [0.2, 0.25) is 0 Å². The molecule has 1 N–H and O–H groups in total. The number of allylic oxidation sites excluding steroid dienone is 1. The van der Waals surface area contributed by atoms with Crippen molar-refractivity contribution < 1.29 is 33.7 Å². The van der Waals surface area contributed by atoms with Crippen LogP contribution in [-0.4, -0.2) is 79.7 Å². The van der Waals surface area contributed by atoms with Crippen molar-refractivity contribution >= 4 is 53.1 Å². The SMILES string of the molecule is CC.CCOc1ccc(N=CN(CCO)/C(C)=C(\SC)C(=O)OC)cc1.COC(=O)C(Cl)C(C)=O. The second kappa shape index (κ2) is 20.8. The van der Waals surface area contributed by atoms with Crippen LogP contribution in [0.3, 0.4) is 0 Å². The Morgan fingerprint density at radius 3 is 2.09 bits per heavy atom. The molecule has 0 spiro atoms. The molecule has 0 aromatic heterocycles. The lowest BCUT2D eigenvalue weighted by Gasteiger charge is -2.21. The van der Waals surface area contributed by atoms with Crippen molar-refractivity contribution in [3.8, 4) is 5.75 Å². The van der Waals surface area contributed by atoms with Gasteiger partial charge in [-0.25, -0.2) is 14.6 Å². The van der Waals surface area contributed by atoms with Crippen LogP contribution < -0.4 is 4.74 Å². The number of halogens is 1. The van der Waals surface area contributed by atoms with Crippen molar-refractivity contribution in [1.82, 2.24) is 4.90 Å². The standard InChI is InChI=1S/C17H24N2O4S.C5H7ClO3.C2H6/c1-5-23-15-8-6-14(7-9-15)18-12-19(10-11-20)13(2)16(24-4)17(21)22-3;1-3(7)4(6)5(8)9-2;1-2/h6-9,12,20H,5,10-11H2,1-4H3;4H,1-2H3;1-2H3/b16-13-,18-12?;;. The Morgan fingerprint density at radius 2 is 1.71 bits per heavy atom. The number of methoxy groups -OCH3 is 2. The van der Waals surface area contributed by atoms with Gasteiger partial charge in [-0.2, -0.15) is 0 Å². The maximum Gasteiger partial charge on any atom is 0.346 e. The van der Waals surface area contributed by atoms with Crippen LogP contribution >= 0.6 is 23.4 Å². The maximum atomic E-state index is 11.8. The van der Waals surface area contributed by atoms with Gasteiger partial charge in [0.05, 0.1) is 39.5 Å². The summed E-state index contributed by atoms with van der Waals surface area (Å²) in [4.78, 5) is 39.1. The van der Waals surface area contributed by atoms with E-state index in [1.165, 1.54) is 32.9 Å². The van der Waals surface area contributed by atoms with E-state index >= 15 is 0 Å². The molecule has 0 radical (unpaired) electrons. The minimum Gasteiger partial charge on any atom is -0.494 e. The van der Waals surface area contributed by atoms with Crippen LogP contribution in [-0.2, 0) is 23.9 Å². The van der Waals surface area contributed by atoms with E-state index in [4.69, 9.17) is 21.1 Å². The first-order valence-corrected chi connectivity index (χ1v) is 12.5. The van der Waals surface area contributed by atoms with Gasteiger partial charge in [-0.05, 0) is 51.3 Å². The van der Waals surface area contributed by atoms with E-state index in [2.05, 4.69) is 9.73 Å². The van der Waals surface area contributed by atoms with E-state index in [0.717, 1.165) is 11.4 Å². The van der Waals surface area contributed by atoms with Gasteiger partial charge in [0.2, 0.25) is 0 Å². The van der Waals surface area contributed by atoms with Gasteiger partial charge < -0.3 is 24.2 Å². The van der Waals surface area contributed by atoms with E-state index in [1.54, 1.807) is 24.4 Å². The normalized spacial score (nSPS) is 11.6. The van der Waals surface area contributed by atoms with Crippen molar-refractivity contribution in [3.05, 3.63) is 34.9 Å². The first-order valence-electron chi connectivity index (χ1n) is 10.9. The number of aliphatic hydroxyl groups is 1. The molecule has 11 heteroatoms. The molecule has 0 fully saturated rings. The first-order chi connectivity index (χ1) is 16.7. The highest BCUT2D eigenvalue weighted by atomic mass is 35.5. The molecule has 0 amide bonds. The smallest absolute Gasteiger partial charge is 0.346 e. The van der Waals surface area contributed by atoms with Crippen molar-refractivity contribution in [1.29, 1.82) is 0 Å². The minimum atomic E-state index is -1.14. The molecule has 1 aromatic rings. The first kappa shape index (κ1) is 34.6. The van der Waals surface area contributed by atoms with Gasteiger partial charge in [0.25, 0.3) is 0 Å². The van der Waals surface area contributed by atoms with Crippen molar-refractivity contribution in [2.45, 2.75) is 40.0 Å². The van der Waals surface area contributed by atoms with E-state index in [0.29, 0.717) is 23.8 Å². The Kier molecular flexibility index (Phi) is 20.5. The van der Waals surface area contributed by atoms with Gasteiger partial charge in [0.1, 0.15) is 10.7 Å². The lowest BCUT2D eigenvalue weighted by atomic mass is 10.3. The number of rotatable bonds is 11. The van der Waals surface area contributed by atoms with Crippen LogP contribution in [0.25, 0.3) is 0 Å². The second-order valence-electron chi connectivity index (χ2n) is 6.20. The third kappa shape index (κ3) is 13.8. The molecule has 0 aliphatic rings. The number of carbonyl (C=O) groups is 3. The van der Waals surface area contributed by atoms with E-state index in [1.807, 2.05) is 45.0 Å². The second-order valence-corrected chi connectivity index (χ2v) is 7.45. The number of alkyl halides is 1. The van der Waals surface area contributed by atoms with E-state index in [-0.39, 0.29) is 6.61 Å². The van der Waals surface area contributed by atoms with E-state index in [9.17, 15) is 19.5 Å². The molecule has 1 atom stereocenters. The molecule has 1 unspecified atom stereocenters. The molecule has 0 saturated heterocycles. The third-order valence-corrected chi connectivity index (χ3v) is 5.29.